The predicted molar refractivity (Wildman–Crippen MR) is 115 cm³/mol. The molecule has 0 aliphatic carbocycles. The van der Waals surface area contributed by atoms with E-state index < -0.39 is 0 Å². The second-order valence-corrected chi connectivity index (χ2v) is 7.90. The summed E-state index contributed by atoms with van der Waals surface area (Å²) in [4.78, 5) is 19.5. The molecule has 0 unspecified atom stereocenters. The zero-order chi connectivity index (χ0) is 16.9. The van der Waals surface area contributed by atoms with Crippen LogP contribution in [0.2, 0.25) is 0 Å². The van der Waals surface area contributed by atoms with Gasteiger partial charge in [-0.15, -0.1) is 36.2 Å². The van der Waals surface area contributed by atoms with Crippen molar-refractivity contribution < 1.29 is 4.79 Å². The van der Waals surface area contributed by atoms with E-state index in [4.69, 9.17) is 0 Å². The van der Waals surface area contributed by atoms with E-state index in [2.05, 4.69) is 53.1 Å². The Labute approximate surface area is 173 Å². The molecule has 0 bridgehead atoms. The van der Waals surface area contributed by atoms with Crippen LogP contribution in [0.5, 0.6) is 0 Å². The topological polar surface area (TPSA) is 23.6 Å². The summed E-state index contributed by atoms with van der Waals surface area (Å²) in [6.45, 7) is 10.3. The summed E-state index contributed by atoms with van der Waals surface area (Å²) in [5.41, 5.74) is 2.51. The van der Waals surface area contributed by atoms with Crippen LogP contribution in [0.3, 0.4) is 0 Å². The van der Waals surface area contributed by atoms with Crippen LogP contribution in [0.15, 0.2) is 36.4 Å². The molecule has 0 amide bonds. The molecule has 0 atom stereocenters. The van der Waals surface area contributed by atoms with Crippen molar-refractivity contribution in [3.63, 3.8) is 0 Å². The maximum atomic E-state index is 12.4. The number of aryl methyl sites for hydroxylation is 2. The smallest absolute Gasteiger partial charge is 0.174 e. The molecular weight excluding hydrogens is 387 g/mol. The Bertz CT molecular complexity index is 682. The number of carbonyl (C=O) groups excluding carboxylic acids is 1. The minimum atomic E-state index is 0. The first kappa shape index (κ1) is 23.1. The van der Waals surface area contributed by atoms with Crippen molar-refractivity contribution in [1.29, 1.82) is 0 Å². The zero-order valence-electron chi connectivity index (χ0n) is 15.4. The lowest BCUT2D eigenvalue weighted by atomic mass is 10.1. The standard InChI is InChI=1S/C20H26N2OS.2ClH/c1-16-14-17(2)24-20(16)19(23)8-9-21-10-12-22(13-11-21)15-18-6-4-3-5-7-18;;/h3-7,14H,8-13,15H2,1-2H3;2*1H. The number of carbonyl (C=O) groups is 1. The average Bonchev–Trinajstić information content (AvgIpc) is 2.93. The van der Waals surface area contributed by atoms with Crippen molar-refractivity contribution in [2.75, 3.05) is 32.7 Å². The zero-order valence-corrected chi connectivity index (χ0v) is 17.9. The third-order valence-corrected chi connectivity index (χ3v) is 5.86. The van der Waals surface area contributed by atoms with Gasteiger partial charge >= 0.3 is 0 Å². The van der Waals surface area contributed by atoms with Crippen LogP contribution >= 0.6 is 36.2 Å². The van der Waals surface area contributed by atoms with Gasteiger partial charge in [0.15, 0.2) is 5.78 Å². The fraction of sp³-hybridized carbons (Fsp3) is 0.450. The number of hydrogen-bond donors (Lipinski definition) is 0. The van der Waals surface area contributed by atoms with E-state index in [1.165, 1.54) is 10.4 Å². The van der Waals surface area contributed by atoms with E-state index in [-0.39, 0.29) is 24.8 Å². The summed E-state index contributed by atoms with van der Waals surface area (Å²) in [5, 5.41) is 0. The van der Waals surface area contributed by atoms with Crippen LogP contribution < -0.4 is 0 Å². The van der Waals surface area contributed by atoms with Gasteiger partial charge in [0.25, 0.3) is 0 Å². The highest BCUT2D eigenvalue weighted by atomic mass is 35.5. The Hall–Kier alpha value is -0.910. The van der Waals surface area contributed by atoms with Crippen LogP contribution in [0, 0.1) is 13.8 Å². The Balaban J connectivity index is 0.00000169. The van der Waals surface area contributed by atoms with Crippen LogP contribution in [0.4, 0.5) is 0 Å². The third kappa shape index (κ3) is 6.36. The molecule has 1 aliphatic rings. The fourth-order valence-corrected chi connectivity index (χ4v) is 4.30. The minimum Gasteiger partial charge on any atom is -0.300 e. The van der Waals surface area contributed by atoms with Gasteiger partial charge in [0.05, 0.1) is 4.88 Å². The number of piperazine rings is 1. The lowest BCUT2D eigenvalue weighted by Crippen LogP contribution is -2.46. The molecule has 3 rings (SSSR count). The van der Waals surface area contributed by atoms with E-state index in [1.807, 2.05) is 6.92 Å². The Morgan fingerprint density at radius 1 is 1.00 bits per heavy atom. The molecule has 0 saturated carbocycles. The van der Waals surface area contributed by atoms with Gasteiger partial charge in [-0.1, -0.05) is 30.3 Å². The highest BCUT2D eigenvalue weighted by molar-refractivity contribution is 7.14. The Morgan fingerprint density at radius 2 is 1.62 bits per heavy atom. The molecule has 2 aromatic rings. The molecule has 144 valence electrons. The molecule has 1 aromatic carbocycles. The van der Waals surface area contributed by atoms with Gasteiger partial charge in [0.2, 0.25) is 0 Å². The molecule has 1 aliphatic heterocycles. The quantitative estimate of drug-likeness (QED) is 0.645. The second-order valence-electron chi connectivity index (χ2n) is 6.65. The van der Waals surface area contributed by atoms with Crippen molar-refractivity contribution in [2.24, 2.45) is 0 Å². The second kappa shape index (κ2) is 11.1. The first-order valence-electron chi connectivity index (χ1n) is 8.70. The SMILES string of the molecule is Cc1cc(C)c(C(=O)CCN2CCN(Cc3ccccc3)CC2)s1.Cl.Cl. The maximum Gasteiger partial charge on any atom is 0.174 e. The average molecular weight is 415 g/mol. The molecule has 0 N–H and O–H groups in total. The highest BCUT2D eigenvalue weighted by Gasteiger charge is 2.19. The Morgan fingerprint density at radius 3 is 2.19 bits per heavy atom. The molecule has 0 spiro atoms. The molecule has 6 heteroatoms. The van der Waals surface area contributed by atoms with Gasteiger partial charge in [0.1, 0.15) is 0 Å². The van der Waals surface area contributed by atoms with Gasteiger partial charge in [-0.05, 0) is 31.0 Å². The van der Waals surface area contributed by atoms with Gasteiger partial charge in [-0.25, -0.2) is 0 Å². The fourth-order valence-electron chi connectivity index (χ4n) is 3.30. The molecule has 0 radical (unpaired) electrons. The van der Waals surface area contributed by atoms with E-state index in [0.29, 0.717) is 12.2 Å². The number of hydrogen-bond acceptors (Lipinski definition) is 4. The van der Waals surface area contributed by atoms with Crippen LogP contribution in [-0.2, 0) is 6.54 Å². The van der Waals surface area contributed by atoms with Gasteiger partial charge in [-0.3, -0.25) is 9.69 Å². The summed E-state index contributed by atoms with van der Waals surface area (Å²) < 4.78 is 0. The highest BCUT2D eigenvalue weighted by Crippen LogP contribution is 2.22. The number of Topliss-reactive ketones (excluding diaryl/α,β-unsaturated/α-hetero) is 1. The summed E-state index contributed by atoms with van der Waals surface area (Å²) in [6, 6.07) is 12.8. The molecular formula is C20H28Cl2N2OS. The van der Waals surface area contributed by atoms with Crippen molar-refractivity contribution in [3.8, 4) is 0 Å². The molecule has 1 fully saturated rings. The third-order valence-electron chi connectivity index (χ3n) is 4.66. The molecule has 2 heterocycles. The normalized spacial score (nSPS) is 15.2. The molecule has 1 aromatic heterocycles. The first-order valence-corrected chi connectivity index (χ1v) is 9.52. The van der Waals surface area contributed by atoms with E-state index >= 15 is 0 Å². The van der Waals surface area contributed by atoms with E-state index in [0.717, 1.165) is 49.7 Å². The first-order chi connectivity index (χ1) is 11.6. The molecule has 1 saturated heterocycles. The summed E-state index contributed by atoms with van der Waals surface area (Å²) in [6.07, 6.45) is 0.638. The van der Waals surface area contributed by atoms with Crippen LogP contribution in [-0.4, -0.2) is 48.3 Å². The van der Waals surface area contributed by atoms with Gasteiger partial charge in [-0.2, -0.15) is 0 Å². The minimum absolute atomic E-state index is 0. The number of halogens is 2. The molecule has 26 heavy (non-hydrogen) atoms. The summed E-state index contributed by atoms with van der Waals surface area (Å²) >= 11 is 1.63. The number of nitrogens with zero attached hydrogens (tertiary/aromatic N) is 2. The monoisotopic (exact) mass is 414 g/mol. The Kier molecular flexibility index (Phi) is 9.83. The van der Waals surface area contributed by atoms with Crippen molar-refractivity contribution >= 4 is 41.9 Å². The molecule has 3 nitrogen and oxygen atoms in total. The largest absolute Gasteiger partial charge is 0.300 e. The predicted octanol–water partition coefficient (Wildman–Crippen LogP) is 4.60. The van der Waals surface area contributed by atoms with Crippen LogP contribution in [0.25, 0.3) is 0 Å². The van der Waals surface area contributed by atoms with Gasteiger partial charge in [0, 0.05) is 50.6 Å². The van der Waals surface area contributed by atoms with Crippen LogP contribution in [0.1, 0.15) is 32.1 Å². The number of benzene rings is 1. The van der Waals surface area contributed by atoms with Crippen molar-refractivity contribution in [1.82, 2.24) is 9.80 Å². The summed E-state index contributed by atoms with van der Waals surface area (Å²) in [7, 11) is 0. The number of rotatable bonds is 6. The van der Waals surface area contributed by atoms with E-state index in [1.54, 1.807) is 11.3 Å². The lowest BCUT2D eigenvalue weighted by Gasteiger charge is -2.34. The van der Waals surface area contributed by atoms with E-state index in [9.17, 15) is 4.79 Å². The lowest BCUT2D eigenvalue weighted by molar-refractivity contribution is 0.0926. The van der Waals surface area contributed by atoms with Gasteiger partial charge < -0.3 is 4.90 Å². The van der Waals surface area contributed by atoms with Crippen molar-refractivity contribution in [3.05, 3.63) is 57.3 Å². The van der Waals surface area contributed by atoms with Crippen molar-refractivity contribution in [2.45, 2.75) is 26.8 Å². The number of thiophene rings is 1. The maximum absolute atomic E-state index is 12.4. The summed E-state index contributed by atoms with van der Waals surface area (Å²) in [5.74, 6) is 0.303. The number of ketones is 1.